The number of carbonyl (C=O) groups excluding carboxylic acids is 1. The average Bonchev–Trinajstić information content (AvgIpc) is 2.78. The molecular formula is C17H30N4O2. The fourth-order valence-corrected chi connectivity index (χ4v) is 2.97. The number of H-pyrrole nitrogens is 1. The zero-order valence-electron chi connectivity index (χ0n) is 14.6. The van der Waals surface area contributed by atoms with Gasteiger partial charge in [0.15, 0.2) is 0 Å². The Morgan fingerprint density at radius 1 is 1.52 bits per heavy atom. The number of hydrogen-bond acceptors (Lipinski definition) is 3. The lowest BCUT2D eigenvalue weighted by atomic mass is 10.1. The summed E-state index contributed by atoms with van der Waals surface area (Å²) >= 11 is 0. The van der Waals surface area contributed by atoms with Crippen molar-refractivity contribution < 1.29 is 9.53 Å². The van der Waals surface area contributed by atoms with Gasteiger partial charge in [-0.3, -0.25) is 5.10 Å². The van der Waals surface area contributed by atoms with Crippen molar-refractivity contribution in [3.05, 3.63) is 17.5 Å². The molecule has 0 aliphatic carbocycles. The average molecular weight is 322 g/mol. The van der Waals surface area contributed by atoms with E-state index in [2.05, 4.69) is 22.4 Å². The molecule has 1 saturated heterocycles. The third-order valence-electron chi connectivity index (χ3n) is 4.16. The van der Waals surface area contributed by atoms with Crippen molar-refractivity contribution in [1.29, 1.82) is 0 Å². The molecule has 0 spiro atoms. The van der Waals surface area contributed by atoms with Crippen LogP contribution in [0.3, 0.4) is 0 Å². The molecule has 1 fully saturated rings. The number of rotatable bonds is 6. The summed E-state index contributed by atoms with van der Waals surface area (Å²) in [6.07, 6.45) is 5.08. The van der Waals surface area contributed by atoms with E-state index in [1.807, 2.05) is 24.8 Å². The fraction of sp³-hybridized carbons (Fsp3) is 0.765. The maximum absolute atomic E-state index is 12.4. The molecule has 2 N–H and O–H groups in total. The second-order valence-electron chi connectivity index (χ2n) is 6.51. The van der Waals surface area contributed by atoms with E-state index in [9.17, 15) is 4.79 Å². The minimum atomic E-state index is 0.0286. The Balaban J connectivity index is 1.76. The van der Waals surface area contributed by atoms with Gasteiger partial charge in [-0.2, -0.15) is 5.10 Å². The molecule has 6 nitrogen and oxygen atoms in total. The third-order valence-corrected chi connectivity index (χ3v) is 4.16. The van der Waals surface area contributed by atoms with Crippen LogP contribution < -0.4 is 5.32 Å². The summed E-state index contributed by atoms with van der Waals surface area (Å²) in [7, 11) is 0. The first-order valence-corrected chi connectivity index (χ1v) is 8.76. The fourth-order valence-electron chi connectivity index (χ4n) is 2.97. The van der Waals surface area contributed by atoms with Gasteiger partial charge >= 0.3 is 6.03 Å². The van der Waals surface area contributed by atoms with Crippen molar-refractivity contribution in [1.82, 2.24) is 20.4 Å². The quantitative estimate of drug-likeness (QED) is 0.846. The van der Waals surface area contributed by atoms with Crippen LogP contribution in [0.25, 0.3) is 0 Å². The van der Waals surface area contributed by atoms with Gasteiger partial charge in [-0.15, -0.1) is 0 Å². The van der Waals surface area contributed by atoms with E-state index in [1.54, 1.807) is 0 Å². The lowest BCUT2D eigenvalue weighted by molar-refractivity contribution is 0.0445. The zero-order chi connectivity index (χ0) is 16.7. The number of hydrogen-bond donors (Lipinski definition) is 2. The molecule has 6 heteroatoms. The Labute approximate surface area is 139 Å². The van der Waals surface area contributed by atoms with Crippen LogP contribution in [0, 0.1) is 6.92 Å². The van der Waals surface area contributed by atoms with Crippen LogP contribution in [-0.2, 0) is 11.2 Å². The third kappa shape index (κ3) is 5.86. The molecule has 1 aromatic rings. The molecule has 2 heterocycles. The Hall–Kier alpha value is -1.56. The highest BCUT2D eigenvalue weighted by molar-refractivity contribution is 5.74. The van der Waals surface area contributed by atoms with Gasteiger partial charge in [0.05, 0.1) is 11.8 Å². The smallest absolute Gasteiger partial charge is 0.317 e. The van der Waals surface area contributed by atoms with E-state index in [-0.39, 0.29) is 12.1 Å². The number of likely N-dealkylation sites (tertiary alicyclic amines) is 1. The van der Waals surface area contributed by atoms with Crippen molar-refractivity contribution in [2.45, 2.75) is 65.0 Å². The van der Waals surface area contributed by atoms with E-state index < -0.39 is 0 Å². The van der Waals surface area contributed by atoms with E-state index in [0.717, 1.165) is 63.2 Å². The van der Waals surface area contributed by atoms with E-state index >= 15 is 0 Å². The van der Waals surface area contributed by atoms with Crippen molar-refractivity contribution in [2.75, 3.05) is 19.7 Å². The topological polar surface area (TPSA) is 70.2 Å². The predicted molar refractivity (Wildman–Crippen MR) is 90.5 cm³/mol. The van der Waals surface area contributed by atoms with E-state index in [0.29, 0.717) is 6.10 Å². The van der Waals surface area contributed by atoms with Crippen molar-refractivity contribution in [3.63, 3.8) is 0 Å². The molecular weight excluding hydrogens is 292 g/mol. The van der Waals surface area contributed by atoms with Gasteiger partial charge in [-0.1, -0.05) is 6.92 Å². The Kier molecular flexibility index (Phi) is 6.89. The van der Waals surface area contributed by atoms with Crippen LogP contribution in [0.4, 0.5) is 4.79 Å². The first-order valence-electron chi connectivity index (χ1n) is 8.76. The van der Waals surface area contributed by atoms with Crippen LogP contribution in [0.15, 0.2) is 6.07 Å². The SMILES string of the molecule is CCCOC1CCCN(C(=O)NC(C)Cc2cc(C)[nH]n2)CC1. The summed E-state index contributed by atoms with van der Waals surface area (Å²) in [5, 5.41) is 10.2. The van der Waals surface area contributed by atoms with Crippen molar-refractivity contribution in [2.24, 2.45) is 0 Å². The van der Waals surface area contributed by atoms with Gasteiger partial charge in [-0.25, -0.2) is 4.79 Å². The number of amides is 2. The number of aromatic nitrogens is 2. The highest BCUT2D eigenvalue weighted by Crippen LogP contribution is 2.15. The van der Waals surface area contributed by atoms with Gasteiger partial charge in [0.2, 0.25) is 0 Å². The molecule has 0 bridgehead atoms. The second kappa shape index (κ2) is 8.91. The molecule has 2 amide bonds. The molecule has 0 aromatic carbocycles. The summed E-state index contributed by atoms with van der Waals surface area (Å²) in [4.78, 5) is 14.3. The molecule has 2 unspecified atom stereocenters. The molecule has 1 aliphatic heterocycles. The number of aryl methyl sites for hydroxylation is 1. The van der Waals surface area contributed by atoms with Crippen molar-refractivity contribution >= 4 is 6.03 Å². The first kappa shape index (κ1) is 17.8. The number of carbonyl (C=O) groups is 1. The van der Waals surface area contributed by atoms with Gasteiger partial charge in [0.1, 0.15) is 0 Å². The van der Waals surface area contributed by atoms with Crippen molar-refractivity contribution in [3.8, 4) is 0 Å². The molecule has 2 atom stereocenters. The first-order chi connectivity index (χ1) is 11.1. The highest BCUT2D eigenvalue weighted by Gasteiger charge is 2.22. The molecule has 1 aliphatic rings. The molecule has 2 rings (SSSR count). The maximum atomic E-state index is 12.4. The van der Waals surface area contributed by atoms with Crippen LogP contribution in [0.2, 0.25) is 0 Å². The number of nitrogens with zero attached hydrogens (tertiary/aromatic N) is 2. The van der Waals surface area contributed by atoms with Crippen LogP contribution in [0.5, 0.6) is 0 Å². The Morgan fingerprint density at radius 2 is 2.35 bits per heavy atom. The largest absolute Gasteiger partial charge is 0.378 e. The molecule has 0 saturated carbocycles. The van der Waals surface area contributed by atoms with Gasteiger partial charge in [0, 0.05) is 37.9 Å². The molecule has 23 heavy (non-hydrogen) atoms. The standard InChI is InChI=1S/C17H30N4O2/c1-4-10-23-16-6-5-8-21(9-7-16)17(22)18-13(2)11-15-12-14(3)19-20-15/h12-13,16H,4-11H2,1-3H3,(H,18,22)(H,19,20). The number of urea groups is 1. The predicted octanol–water partition coefficient (Wildman–Crippen LogP) is 2.64. The summed E-state index contributed by atoms with van der Waals surface area (Å²) in [5.74, 6) is 0. The lowest BCUT2D eigenvalue weighted by Crippen LogP contribution is -2.45. The number of ether oxygens (including phenoxy) is 1. The maximum Gasteiger partial charge on any atom is 0.317 e. The number of aromatic amines is 1. The minimum absolute atomic E-state index is 0.0286. The van der Waals surface area contributed by atoms with Gasteiger partial charge in [-0.05, 0) is 45.6 Å². The number of nitrogens with one attached hydrogen (secondary N) is 2. The van der Waals surface area contributed by atoms with Gasteiger partial charge in [0.25, 0.3) is 0 Å². The van der Waals surface area contributed by atoms with E-state index in [1.165, 1.54) is 0 Å². The van der Waals surface area contributed by atoms with Crippen LogP contribution in [-0.4, -0.2) is 53.0 Å². The highest BCUT2D eigenvalue weighted by atomic mass is 16.5. The Morgan fingerprint density at radius 3 is 3.04 bits per heavy atom. The van der Waals surface area contributed by atoms with E-state index in [4.69, 9.17) is 4.74 Å². The summed E-state index contributed by atoms with van der Waals surface area (Å²) in [5.41, 5.74) is 2.03. The molecule has 0 radical (unpaired) electrons. The lowest BCUT2D eigenvalue weighted by Gasteiger charge is -2.23. The minimum Gasteiger partial charge on any atom is -0.378 e. The summed E-state index contributed by atoms with van der Waals surface area (Å²) in [6, 6.07) is 2.12. The summed E-state index contributed by atoms with van der Waals surface area (Å²) in [6.45, 7) is 8.52. The normalized spacial score (nSPS) is 20.1. The monoisotopic (exact) mass is 322 g/mol. The Bertz CT molecular complexity index is 489. The summed E-state index contributed by atoms with van der Waals surface area (Å²) < 4.78 is 5.83. The van der Waals surface area contributed by atoms with Gasteiger partial charge < -0.3 is 15.0 Å². The van der Waals surface area contributed by atoms with Crippen LogP contribution in [0.1, 0.15) is 50.9 Å². The zero-order valence-corrected chi connectivity index (χ0v) is 14.6. The second-order valence-corrected chi connectivity index (χ2v) is 6.51. The molecule has 130 valence electrons. The van der Waals surface area contributed by atoms with Crippen LogP contribution >= 0.6 is 0 Å². The molecule has 1 aromatic heterocycles.